The van der Waals surface area contributed by atoms with Crippen molar-refractivity contribution >= 4 is 16.9 Å². The average Bonchev–Trinajstić information content (AvgIpc) is 3.13. The second kappa shape index (κ2) is 9.08. The van der Waals surface area contributed by atoms with Crippen molar-refractivity contribution in [2.75, 3.05) is 13.1 Å². The number of hydrogen-bond acceptors (Lipinski definition) is 3. The molecule has 1 aromatic carbocycles. The van der Waals surface area contributed by atoms with Crippen LogP contribution in [0.25, 0.3) is 22.3 Å². The van der Waals surface area contributed by atoms with Gasteiger partial charge in [0.2, 0.25) is 0 Å². The monoisotopic (exact) mass is 432 g/mol. The van der Waals surface area contributed by atoms with Crippen molar-refractivity contribution < 1.29 is 18.0 Å². The predicted molar refractivity (Wildman–Crippen MR) is 115 cm³/mol. The van der Waals surface area contributed by atoms with Gasteiger partial charge >= 0.3 is 6.18 Å². The summed E-state index contributed by atoms with van der Waals surface area (Å²) in [7, 11) is 0. The largest absolute Gasteiger partial charge is 0.406 e. The Morgan fingerprint density at radius 1 is 1.23 bits per heavy atom. The number of halogens is 3. The zero-order valence-corrected chi connectivity index (χ0v) is 18.2. The Labute approximate surface area is 179 Å². The van der Waals surface area contributed by atoms with Crippen molar-refractivity contribution in [2.45, 2.75) is 52.8 Å². The van der Waals surface area contributed by atoms with Gasteiger partial charge < -0.3 is 4.90 Å². The molecule has 0 bridgehead atoms. The molecule has 0 saturated heterocycles. The van der Waals surface area contributed by atoms with E-state index < -0.39 is 18.6 Å². The summed E-state index contributed by atoms with van der Waals surface area (Å²) in [6.45, 7) is 6.44. The first kappa shape index (κ1) is 22.8. The number of benzene rings is 1. The van der Waals surface area contributed by atoms with Crippen LogP contribution in [0.2, 0.25) is 0 Å². The Balaban J connectivity index is 2.19. The molecule has 0 radical (unpaired) electrons. The molecule has 1 amide bonds. The molecular formula is C23H27F3N4O. The molecule has 0 N–H and O–H groups in total. The minimum atomic E-state index is -4.48. The second-order valence-electron chi connectivity index (χ2n) is 7.99. The van der Waals surface area contributed by atoms with E-state index in [2.05, 4.69) is 5.10 Å². The van der Waals surface area contributed by atoms with Crippen LogP contribution in [0.5, 0.6) is 0 Å². The minimum Gasteiger partial charge on any atom is -0.330 e. The Hall–Kier alpha value is -2.90. The van der Waals surface area contributed by atoms with Crippen molar-refractivity contribution in [3.8, 4) is 11.3 Å². The van der Waals surface area contributed by atoms with Crippen molar-refractivity contribution in [2.24, 2.45) is 0 Å². The lowest BCUT2D eigenvalue weighted by Crippen LogP contribution is -2.39. The Morgan fingerprint density at radius 2 is 1.94 bits per heavy atom. The summed E-state index contributed by atoms with van der Waals surface area (Å²) in [5.41, 5.74) is 3.00. The number of rotatable bonds is 7. The number of aryl methyl sites for hydroxylation is 1. The number of fused-ring (bicyclic) bond motifs is 1. The number of nitrogens with zero attached hydrogens (tertiary/aromatic N) is 4. The molecule has 0 atom stereocenters. The lowest BCUT2D eigenvalue weighted by molar-refractivity contribution is -0.140. The standard InChI is InChI=1S/C23H27F3N4O/c1-5-6-11-29(14-23(24,25)26)22(31)18-12-20(17-10-8-7-9-16(17)4)28-21-19(18)13-27-30(21)15(2)3/h7-10,12-13,15H,5-6,11,14H2,1-4H3. The van der Waals surface area contributed by atoms with Crippen molar-refractivity contribution in [1.29, 1.82) is 0 Å². The van der Waals surface area contributed by atoms with Crippen molar-refractivity contribution in [1.82, 2.24) is 19.7 Å². The molecule has 0 saturated carbocycles. The zero-order valence-electron chi connectivity index (χ0n) is 18.2. The molecule has 0 unspecified atom stereocenters. The van der Waals surface area contributed by atoms with E-state index in [1.54, 1.807) is 10.7 Å². The van der Waals surface area contributed by atoms with Crippen LogP contribution in [0, 0.1) is 6.92 Å². The molecule has 2 aromatic heterocycles. The highest BCUT2D eigenvalue weighted by Crippen LogP contribution is 2.29. The summed E-state index contributed by atoms with van der Waals surface area (Å²) in [6, 6.07) is 9.16. The summed E-state index contributed by atoms with van der Waals surface area (Å²) in [6.07, 6.45) is -1.78. The third-order valence-electron chi connectivity index (χ3n) is 5.15. The molecule has 2 heterocycles. The molecule has 5 nitrogen and oxygen atoms in total. The first-order chi connectivity index (χ1) is 14.6. The lowest BCUT2D eigenvalue weighted by Gasteiger charge is -2.24. The topological polar surface area (TPSA) is 51.0 Å². The SMILES string of the molecule is CCCCN(CC(F)(F)F)C(=O)c1cc(-c2ccccc2C)nc2c1cnn2C(C)C. The van der Waals surface area contributed by atoms with Gasteiger partial charge in [-0.05, 0) is 38.8 Å². The van der Waals surface area contributed by atoms with Gasteiger partial charge in [0.05, 0.1) is 22.8 Å². The van der Waals surface area contributed by atoms with Gasteiger partial charge in [-0.3, -0.25) is 4.79 Å². The molecule has 3 aromatic rings. The van der Waals surface area contributed by atoms with E-state index in [0.717, 1.165) is 16.0 Å². The van der Waals surface area contributed by atoms with Gasteiger partial charge in [-0.1, -0.05) is 37.6 Å². The summed E-state index contributed by atoms with van der Waals surface area (Å²) < 4.78 is 41.3. The van der Waals surface area contributed by atoms with E-state index in [4.69, 9.17) is 4.98 Å². The van der Waals surface area contributed by atoms with Gasteiger partial charge in [0, 0.05) is 18.2 Å². The molecular weight excluding hydrogens is 405 g/mol. The molecule has 0 aliphatic heterocycles. The number of amides is 1. The van der Waals surface area contributed by atoms with Gasteiger partial charge in [0.15, 0.2) is 5.65 Å². The van der Waals surface area contributed by atoms with Gasteiger partial charge in [0.1, 0.15) is 6.54 Å². The maximum Gasteiger partial charge on any atom is 0.406 e. The van der Waals surface area contributed by atoms with E-state index in [0.29, 0.717) is 29.6 Å². The van der Waals surface area contributed by atoms with Crippen LogP contribution in [0.4, 0.5) is 13.2 Å². The smallest absolute Gasteiger partial charge is 0.330 e. The summed E-state index contributed by atoms with van der Waals surface area (Å²) >= 11 is 0. The predicted octanol–water partition coefficient (Wildman–Crippen LogP) is 5.79. The highest BCUT2D eigenvalue weighted by atomic mass is 19.4. The van der Waals surface area contributed by atoms with E-state index in [1.807, 2.05) is 52.0 Å². The van der Waals surface area contributed by atoms with Crippen LogP contribution in [0.1, 0.15) is 55.6 Å². The van der Waals surface area contributed by atoms with E-state index >= 15 is 0 Å². The lowest BCUT2D eigenvalue weighted by atomic mass is 10.0. The average molecular weight is 432 g/mol. The van der Waals surface area contributed by atoms with Gasteiger partial charge in [-0.15, -0.1) is 0 Å². The highest BCUT2D eigenvalue weighted by Gasteiger charge is 2.34. The van der Waals surface area contributed by atoms with Gasteiger partial charge in [-0.2, -0.15) is 18.3 Å². The maximum absolute atomic E-state index is 13.4. The summed E-state index contributed by atoms with van der Waals surface area (Å²) in [4.78, 5) is 19.0. The number of carbonyl (C=O) groups excluding carboxylic acids is 1. The molecule has 3 rings (SSSR count). The van der Waals surface area contributed by atoms with E-state index in [9.17, 15) is 18.0 Å². The number of unbranched alkanes of at least 4 members (excludes halogenated alkanes) is 1. The molecule has 0 fully saturated rings. The quantitative estimate of drug-likeness (QED) is 0.475. The third-order valence-corrected chi connectivity index (χ3v) is 5.15. The van der Waals surface area contributed by atoms with Crippen LogP contribution in [-0.4, -0.2) is 44.8 Å². The molecule has 0 aliphatic carbocycles. The van der Waals surface area contributed by atoms with E-state index in [-0.39, 0.29) is 18.2 Å². The number of hydrogen-bond donors (Lipinski definition) is 0. The number of carbonyl (C=O) groups is 1. The Kier molecular flexibility index (Phi) is 6.67. The van der Waals surface area contributed by atoms with Crippen LogP contribution in [-0.2, 0) is 0 Å². The molecule has 31 heavy (non-hydrogen) atoms. The summed E-state index contributed by atoms with van der Waals surface area (Å²) in [5.74, 6) is -0.656. The number of alkyl halides is 3. The minimum absolute atomic E-state index is 0.0218. The maximum atomic E-state index is 13.4. The fraction of sp³-hybridized carbons (Fsp3) is 0.435. The molecule has 8 heteroatoms. The van der Waals surface area contributed by atoms with Crippen LogP contribution in [0.3, 0.4) is 0 Å². The van der Waals surface area contributed by atoms with E-state index in [1.165, 1.54) is 6.20 Å². The molecule has 0 spiro atoms. The molecule has 166 valence electrons. The van der Waals surface area contributed by atoms with Gasteiger partial charge in [0.25, 0.3) is 5.91 Å². The van der Waals surface area contributed by atoms with Crippen LogP contribution in [0.15, 0.2) is 36.5 Å². The highest BCUT2D eigenvalue weighted by molar-refractivity contribution is 6.06. The number of aromatic nitrogens is 3. The van der Waals surface area contributed by atoms with Gasteiger partial charge in [-0.25, -0.2) is 9.67 Å². The normalized spacial score (nSPS) is 12.0. The summed E-state index contributed by atoms with van der Waals surface area (Å²) in [5, 5.41) is 4.81. The van der Waals surface area contributed by atoms with Crippen LogP contribution < -0.4 is 0 Å². The molecule has 0 aliphatic rings. The zero-order chi connectivity index (χ0) is 22.8. The van der Waals surface area contributed by atoms with Crippen LogP contribution >= 0.6 is 0 Å². The van der Waals surface area contributed by atoms with Crippen molar-refractivity contribution in [3.63, 3.8) is 0 Å². The fourth-order valence-corrected chi connectivity index (χ4v) is 3.56. The number of pyridine rings is 1. The van der Waals surface area contributed by atoms with Crippen molar-refractivity contribution in [3.05, 3.63) is 47.7 Å². The third kappa shape index (κ3) is 5.06. The first-order valence-electron chi connectivity index (χ1n) is 10.4. The Bertz CT molecular complexity index is 1070. The first-order valence-corrected chi connectivity index (χ1v) is 10.4. The fourth-order valence-electron chi connectivity index (χ4n) is 3.56. The Morgan fingerprint density at radius 3 is 2.55 bits per heavy atom. The second-order valence-corrected chi connectivity index (χ2v) is 7.99.